The quantitative estimate of drug-likeness (QED) is 0.630. The van der Waals surface area contributed by atoms with Crippen molar-refractivity contribution in [1.82, 2.24) is 15.2 Å². The van der Waals surface area contributed by atoms with Crippen LogP contribution in [0.4, 0.5) is 13.2 Å². The second-order valence-corrected chi connectivity index (χ2v) is 5.65. The molecule has 2 rings (SSSR count). The van der Waals surface area contributed by atoms with Gasteiger partial charge in [-0.2, -0.15) is 13.2 Å². The lowest BCUT2D eigenvalue weighted by Crippen LogP contribution is -2.38. The Balaban J connectivity index is 1.86. The molecule has 0 amide bonds. The summed E-state index contributed by atoms with van der Waals surface area (Å²) in [6.07, 6.45) is -2.90. The van der Waals surface area contributed by atoms with E-state index in [9.17, 15) is 13.2 Å². The lowest BCUT2D eigenvalue weighted by atomic mass is 10.2. The Hall–Kier alpha value is -2.77. The Morgan fingerprint density at radius 3 is 2.46 bits per heavy atom. The van der Waals surface area contributed by atoms with Crippen molar-refractivity contribution in [2.24, 2.45) is 4.99 Å². The smallest absolute Gasteiger partial charge is 0.422 e. The summed E-state index contributed by atoms with van der Waals surface area (Å²) in [6.45, 7) is -0.212. The minimum absolute atomic E-state index is 0.0587. The average molecular weight is 366 g/mol. The van der Waals surface area contributed by atoms with Gasteiger partial charge < -0.3 is 15.0 Å². The third kappa shape index (κ3) is 6.62. The highest BCUT2D eigenvalue weighted by atomic mass is 19.4. The van der Waals surface area contributed by atoms with E-state index in [0.717, 1.165) is 11.1 Å². The molecule has 0 unspecified atom stereocenters. The number of rotatable bonds is 6. The highest BCUT2D eigenvalue weighted by molar-refractivity contribution is 5.79. The van der Waals surface area contributed by atoms with Gasteiger partial charge in [-0.05, 0) is 11.1 Å². The predicted molar refractivity (Wildman–Crippen MR) is 93.9 cm³/mol. The molecule has 8 heteroatoms. The van der Waals surface area contributed by atoms with Gasteiger partial charge in [0, 0.05) is 39.4 Å². The van der Waals surface area contributed by atoms with Crippen molar-refractivity contribution in [2.75, 3.05) is 20.7 Å². The van der Waals surface area contributed by atoms with Crippen LogP contribution in [0.25, 0.3) is 0 Å². The minimum atomic E-state index is -4.38. The van der Waals surface area contributed by atoms with E-state index in [-0.39, 0.29) is 5.88 Å². The minimum Gasteiger partial charge on any atom is -0.468 e. The standard InChI is InChI=1S/C18H21F3N4O/c1-22-17(25(2)12-14-6-4-3-5-7-14)24-11-15-8-9-16(23-10-15)26-13-18(19,20)21/h3-10H,11-13H2,1-2H3,(H,22,24). The van der Waals surface area contributed by atoms with Crippen LogP contribution >= 0.6 is 0 Å². The SMILES string of the molecule is CN=C(NCc1ccc(OCC(F)(F)F)nc1)N(C)Cc1ccccc1. The third-order valence-electron chi connectivity index (χ3n) is 3.47. The highest BCUT2D eigenvalue weighted by Crippen LogP contribution is 2.17. The first-order chi connectivity index (χ1) is 12.4. The number of alkyl halides is 3. The van der Waals surface area contributed by atoms with E-state index < -0.39 is 12.8 Å². The van der Waals surface area contributed by atoms with Crippen molar-refractivity contribution in [2.45, 2.75) is 19.3 Å². The number of guanidine groups is 1. The summed E-state index contributed by atoms with van der Waals surface area (Å²) in [6, 6.07) is 13.1. The Bertz CT molecular complexity index is 703. The van der Waals surface area contributed by atoms with E-state index in [4.69, 9.17) is 0 Å². The van der Waals surface area contributed by atoms with Crippen LogP contribution in [0.3, 0.4) is 0 Å². The van der Waals surface area contributed by atoms with E-state index in [0.29, 0.717) is 19.0 Å². The summed E-state index contributed by atoms with van der Waals surface area (Å²) in [5.74, 6) is 0.642. The Kier molecular flexibility index (Phi) is 6.82. The third-order valence-corrected chi connectivity index (χ3v) is 3.47. The molecule has 2 aromatic rings. The van der Waals surface area contributed by atoms with E-state index in [1.54, 1.807) is 13.1 Å². The first kappa shape index (κ1) is 19.6. The second kappa shape index (κ2) is 9.07. The first-order valence-electron chi connectivity index (χ1n) is 7.97. The Morgan fingerprint density at radius 2 is 1.88 bits per heavy atom. The van der Waals surface area contributed by atoms with E-state index in [1.165, 1.54) is 12.3 Å². The molecule has 0 saturated carbocycles. The van der Waals surface area contributed by atoms with Crippen LogP contribution in [0, 0.1) is 0 Å². The zero-order chi connectivity index (χ0) is 19.0. The monoisotopic (exact) mass is 366 g/mol. The zero-order valence-corrected chi connectivity index (χ0v) is 14.6. The number of ether oxygens (including phenoxy) is 1. The molecule has 26 heavy (non-hydrogen) atoms. The van der Waals surface area contributed by atoms with Gasteiger partial charge in [0.05, 0.1) is 0 Å². The van der Waals surface area contributed by atoms with Crippen molar-refractivity contribution in [1.29, 1.82) is 0 Å². The van der Waals surface area contributed by atoms with E-state index >= 15 is 0 Å². The van der Waals surface area contributed by atoms with Crippen molar-refractivity contribution in [3.63, 3.8) is 0 Å². The Labute approximate surface area is 150 Å². The van der Waals surface area contributed by atoms with Crippen LogP contribution in [0.15, 0.2) is 53.7 Å². The summed E-state index contributed by atoms with van der Waals surface area (Å²) < 4.78 is 40.9. The molecule has 1 heterocycles. The van der Waals surface area contributed by atoms with Crippen LogP contribution in [-0.4, -0.2) is 42.7 Å². The molecule has 0 aliphatic heterocycles. The molecule has 0 spiro atoms. The molecule has 0 fully saturated rings. The predicted octanol–water partition coefficient (Wildman–Crippen LogP) is 3.23. The molecule has 0 atom stereocenters. The summed E-state index contributed by atoms with van der Waals surface area (Å²) in [5.41, 5.74) is 1.96. The lowest BCUT2D eigenvalue weighted by Gasteiger charge is -2.22. The van der Waals surface area contributed by atoms with E-state index in [1.807, 2.05) is 42.3 Å². The van der Waals surface area contributed by atoms with Crippen molar-refractivity contribution < 1.29 is 17.9 Å². The Morgan fingerprint density at radius 1 is 1.15 bits per heavy atom. The van der Waals surface area contributed by atoms with Gasteiger partial charge in [-0.1, -0.05) is 36.4 Å². The molecule has 140 valence electrons. The van der Waals surface area contributed by atoms with Gasteiger partial charge >= 0.3 is 6.18 Å². The molecule has 5 nitrogen and oxygen atoms in total. The number of aromatic nitrogens is 1. The van der Waals surface area contributed by atoms with Crippen LogP contribution in [-0.2, 0) is 13.1 Å². The maximum Gasteiger partial charge on any atom is 0.422 e. The number of benzene rings is 1. The van der Waals surface area contributed by atoms with Gasteiger partial charge in [-0.3, -0.25) is 4.99 Å². The molecule has 0 aliphatic rings. The number of hydrogen-bond donors (Lipinski definition) is 1. The van der Waals surface area contributed by atoms with Crippen molar-refractivity contribution >= 4 is 5.96 Å². The van der Waals surface area contributed by atoms with Crippen LogP contribution in [0.2, 0.25) is 0 Å². The van der Waals surface area contributed by atoms with Crippen LogP contribution in [0.1, 0.15) is 11.1 Å². The number of aliphatic imine (C=N–C) groups is 1. The molecular weight excluding hydrogens is 345 g/mol. The highest BCUT2D eigenvalue weighted by Gasteiger charge is 2.28. The molecule has 0 radical (unpaired) electrons. The molecule has 1 aromatic heterocycles. The van der Waals surface area contributed by atoms with Gasteiger partial charge in [0.15, 0.2) is 12.6 Å². The maximum atomic E-state index is 12.1. The zero-order valence-electron chi connectivity index (χ0n) is 14.6. The summed E-state index contributed by atoms with van der Waals surface area (Å²) >= 11 is 0. The van der Waals surface area contributed by atoms with Gasteiger partial charge in [0.2, 0.25) is 5.88 Å². The van der Waals surface area contributed by atoms with E-state index in [2.05, 4.69) is 20.0 Å². The van der Waals surface area contributed by atoms with Gasteiger partial charge in [0.1, 0.15) is 0 Å². The summed E-state index contributed by atoms with van der Waals surface area (Å²) in [5, 5.41) is 3.20. The first-order valence-corrected chi connectivity index (χ1v) is 7.97. The van der Waals surface area contributed by atoms with Crippen molar-refractivity contribution in [3.05, 3.63) is 59.8 Å². The second-order valence-electron chi connectivity index (χ2n) is 5.65. The molecule has 0 bridgehead atoms. The number of pyridine rings is 1. The largest absolute Gasteiger partial charge is 0.468 e. The van der Waals surface area contributed by atoms with Crippen molar-refractivity contribution in [3.8, 4) is 5.88 Å². The molecule has 1 N–H and O–H groups in total. The maximum absolute atomic E-state index is 12.1. The normalized spacial score (nSPS) is 12.0. The molecular formula is C18H21F3N4O. The van der Waals surface area contributed by atoms with Gasteiger partial charge in [-0.15, -0.1) is 0 Å². The number of nitrogens with zero attached hydrogens (tertiary/aromatic N) is 3. The fraction of sp³-hybridized carbons (Fsp3) is 0.333. The summed E-state index contributed by atoms with van der Waals surface area (Å²) in [4.78, 5) is 10.1. The fourth-order valence-corrected chi connectivity index (χ4v) is 2.25. The van der Waals surface area contributed by atoms with Gasteiger partial charge in [0.25, 0.3) is 0 Å². The van der Waals surface area contributed by atoms with Gasteiger partial charge in [-0.25, -0.2) is 4.98 Å². The molecule has 0 aliphatic carbocycles. The molecule has 1 aromatic carbocycles. The van der Waals surface area contributed by atoms with Crippen LogP contribution in [0.5, 0.6) is 5.88 Å². The number of halogens is 3. The molecule has 0 saturated heterocycles. The number of hydrogen-bond acceptors (Lipinski definition) is 3. The summed E-state index contributed by atoms with van der Waals surface area (Å²) in [7, 11) is 3.62. The number of nitrogens with one attached hydrogen (secondary N) is 1. The van der Waals surface area contributed by atoms with Crippen LogP contribution < -0.4 is 10.1 Å². The lowest BCUT2D eigenvalue weighted by molar-refractivity contribution is -0.154. The average Bonchev–Trinajstić information content (AvgIpc) is 2.61. The fourth-order valence-electron chi connectivity index (χ4n) is 2.25. The topological polar surface area (TPSA) is 49.8 Å².